The van der Waals surface area contributed by atoms with Crippen LogP contribution in [0.25, 0.3) is 0 Å². The van der Waals surface area contributed by atoms with Crippen LogP contribution in [0, 0.1) is 0 Å². The third-order valence-corrected chi connectivity index (χ3v) is 3.42. The van der Waals surface area contributed by atoms with Crippen LogP contribution in [-0.2, 0) is 0 Å². The summed E-state index contributed by atoms with van der Waals surface area (Å²) in [4.78, 5) is 0. The second-order valence-corrected chi connectivity index (χ2v) is 5.36. The molecule has 0 heterocycles. The number of rotatable bonds is 13. The normalized spacial score (nSPS) is 12.2. The molecule has 0 rings (SSSR count). The zero-order chi connectivity index (χ0) is 14.2. The molecule has 0 radical (unpaired) electrons. The highest BCUT2D eigenvalue weighted by Crippen LogP contribution is 2.14. The Labute approximate surface area is 121 Å². The van der Waals surface area contributed by atoms with Crippen LogP contribution in [0.5, 0.6) is 0 Å². The van der Waals surface area contributed by atoms with Crippen molar-refractivity contribution in [2.75, 3.05) is 0 Å². The van der Waals surface area contributed by atoms with E-state index in [4.69, 9.17) is 0 Å². The maximum atomic E-state index is 3.86. The predicted molar refractivity (Wildman–Crippen MR) is 89.6 cm³/mol. The molecular weight excluding hydrogens is 228 g/mol. The smallest absolute Gasteiger partial charge is 0.0141 e. The van der Waals surface area contributed by atoms with Crippen molar-refractivity contribution in [3.63, 3.8) is 0 Å². The van der Waals surface area contributed by atoms with Gasteiger partial charge in [0, 0.05) is 0 Å². The van der Waals surface area contributed by atoms with Gasteiger partial charge in [-0.15, -0.1) is 6.58 Å². The summed E-state index contributed by atoms with van der Waals surface area (Å²) in [6.07, 6.45) is 23.2. The van der Waals surface area contributed by atoms with Crippen LogP contribution in [0.15, 0.2) is 36.5 Å². The fourth-order valence-electron chi connectivity index (χ4n) is 2.19. The van der Waals surface area contributed by atoms with Gasteiger partial charge < -0.3 is 0 Å². The second kappa shape index (κ2) is 15.3. The molecule has 0 N–H and O–H groups in total. The van der Waals surface area contributed by atoms with Gasteiger partial charge in [0.25, 0.3) is 0 Å². The highest BCUT2D eigenvalue weighted by atomic mass is 14.0. The van der Waals surface area contributed by atoms with Crippen LogP contribution in [0.4, 0.5) is 0 Å². The van der Waals surface area contributed by atoms with E-state index in [0.29, 0.717) is 0 Å². The van der Waals surface area contributed by atoms with Gasteiger partial charge in [-0.3, -0.25) is 0 Å². The van der Waals surface area contributed by atoms with Gasteiger partial charge in [0.15, 0.2) is 0 Å². The van der Waals surface area contributed by atoms with Crippen molar-refractivity contribution in [1.82, 2.24) is 0 Å². The standard InChI is InChI=1S/C19H34/c1-4-7-9-11-12-13-15-18-19(16-6-3)17-14-10-8-5-2/h6,12-13,17H,3-5,7-11,14-16,18H2,1-2H3/b13-12-,19-17-. The van der Waals surface area contributed by atoms with Crippen LogP contribution in [0.2, 0.25) is 0 Å². The van der Waals surface area contributed by atoms with E-state index in [1.165, 1.54) is 64.2 Å². The molecule has 0 aliphatic rings. The van der Waals surface area contributed by atoms with Crippen LogP contribution in [0.3, 0.4) is 0 Å². The summed E-state index contributed by atoms with van der Waals surface area (Å²) in [5.74, 6) is 0. The Bertz CT molecular complexity index is 245. The molecule has 0 saturated carbocycles. The van der Waals surface area contributed by atoms with Gasteiger partial charge in [-0.25, -0.2) is 0 Å². The van der Waals surface area contributed by atoms with E-state index < -0.39 is 0 Å². The molecular formula is C19H34. The first-order valence-electron chi connectivity index (χ1n) is 8.28. The number of unbranched alkanes of at least 4 members (excludes halogenated alkanes) is 6. The largest absolute Gasteiger partial charge is 0.103 e. The molecule has 0 aliphatic carbocycles. The van der Waals surface area contributed by atoms with Crippen molar-refractivity contribution in [1.29, 1.82) is 0 Å². The Kier molecular flexibility index (Phi) is 14.7. The quantitative estimate of drug-likeness (QED) is 0.248. The molecule has 0 atom stereocenters. The molecule has 0 aromatic carbocycles. The highest BCUT2D eigenvalue weighted by Gasteiger charge is 1.94. The van der Waals surface area contributed by atoms with E-state index >= 15 is 0 Å². The van der Waals surface area contributed by atoms with E-state index in [9.17, 15) is 0 Å². The average Bonchev–Trinajstić information content (AvgIpc) is 2.42. The Balaban J connectivity index is 3.77. The van der Waals surface area contributed by atoms with Crippen molar-refractivity contribution in [2.45, 2.75) is 84.5 Å². The van der Waals surface area contributed by atoms with Gasteiger partial charge in [0.2, 0.25) is 0 Å². The Morgan fingerprint density at radius 3 is 2.11 bits per heavy atom. The van der Waals surface area contributed by atoms with E-state index in [1.54, 1.807) is 5.57 Å². The lowest BCUT2D eigenvalue weighted by atomic mass is 10.0. The van der Waals surface area contributed by atoms with Gasteiger partial charge in [0.05, 0.1) is 0 Å². The predicted octanol–water partition coefficient (Wildman–Crippen LogP) is 6.99. The van der Waals surface area contributed by atoms with Crippen molar-refractivity contribution in [2.24, 2.45) is 0 Å². The van der Waals surface area contributed by atoms with Crippen molar-refractivity contribution >= 4 is 0 Å². The summed E-state index contributed by atoms with van der Waals surface area (Å²) in [5, 5.41) is 0. The monoisotopic (exact) mass is 262 g/mol. The van der Waals surface area contributed by atoms with Crippen molar-refractivity contribution in [3.8, 4) is 0 Å². The fourth-order valence-corrected chi connectivity index (χ4v) is 2.19. The van der Waals surface area contributed by atoms with Gasteiger partial charge in [0.1, 0.15) is 0 Å². The summed E-state index contributed by atoms with van der Waals surface area (Å²) in [5.41, 5.74) is 1.57. The number of hydrogen-bond donors (Lipinski definition) is 0. The Morgan fingerprint density at radius 2 is 1.47 bits per heavy atom. The molecule has 0 bridgehead atoms. The lowest BCUT2D eigenvalue weighted by Gasteiger charge is -2.03. The van der Waals surface area contributed by atoms with E-state index in [2.05, 4.69) is 38.7 Å². The first-order valence-corrected chi connectivity index (χ1v) is 8.28. The summed E-state index contributed by atoms with van der Waals surface area (Å²) in [6, 6.07) is 0. The first kappa shape index (κ1) is 18.2. The molecule has 0 nitrogen and oxygen atoms in total. The van der Waals surface area contributed by atoms with Gasteiger partial charge >= 0.3 is 0 Å². The minimum atomic E-state index is 1.07. The van der Waals surface area contributed by atoms with E-state index in [1.807, 2.05) is 6.08 Å². The first-order chi connectivity index (χ1) is 9.35. The molecule has 0 aliphatic heterocycles. The lowest BCUT2D eigenvalue weighted by molar-refractivity contribution is 0.722. The van der Waals surface area contributed by atoms with E-state index in [-0.39, 0.29) is 0 Å². The van der Waals surface area contributed by atoms with Crippen molar-refractivity contribution < 1.29 is 0 Å². The summed E-state index contributed by atoms with van der Waals surface area (Å²) >= 11 is 0. The van der Waals surface area contributed by atoms with Crippen molar-refractivity contribution in [3.05, 3.63) is 36.5 Å². The van der Waals surface area contributed by atoms with Crippen LogP contribution < -0.4 is 0 Å². The average molecular weight is 262 g/mol. The van der Waals surface area contributed by atoms with Gasteiger partial charge in [-0.1, -0.05) is 69.4 Å². The zero-order valence-electron chi connectivity index (χ0n) is 13.3. The summed E-state index contributed by atoms with van der Waals surface area (Å²) in [6.45, 7) is 8.38. The third kappa shape index (κ3) is 13.5. The minimum Gasteiger partial charge on any atom is -0.103 e. The Hall–Kier alpha value is -0.780. The second-order valence-electron chi connectivity index (χ2n) is 5.36. The molecule has 19 heavy (non-hydrogen) atoms. The van der Waals surface area contributed by atoms with Crippen LogP contribution in [-0.4, -0.2) is 0 Å². The molecule has 0 heteroatoms. The topological polar surface area (TPSA) is 0 Å². The third-order valence-electron chi connectivity index (χ3n) is 3.42. The molecule has 0 saturated heterocycles. The Morgan fingerprint density at radius 1 is 0.842 bits per heavy atom. The van der Waals surface area contributed by atoms with Crippen LogP contribution >= 0.6 is 0 Å². The molecule has 0 unspecified atom stereocenters. The molecule has 0 spiro atoms. The molecule has 0 aromatic rings. The molecule has 0 aromatic heterocycles. The molecule has 110 valence electrons. The highest BCUT2D eigenvalue weighted by molar-refractivity contribution is 5.07. The minimum absolute atomic E-state index is 1.07. The maximum Gasteiger partial charge on any atom is -0.0141 e. The zero-order valence-corrected chi connectivity index (χ0v) is 13.3. The maximum absolute atomic E-state index is 3.86. The van der Waals surface area contributed by atoms with E-state index in [0.717, 1.165) is 6.42 Å². The number of hydrogen-bond acceptors (Lipinski definition) is 0. The SMILES string of the molecule is C=CC/C(=C/CCCCC)CC/C=C\CCCCC. The molecule has 0 fully saturated rings. The van der Waals surface area contributed by atoms with Crippen LogP contribution in [0.1, 0.15) is 84.5 Å². The summed E-state index contributed by atoms with van der Waals surface area (Å²) in [7, 11) is 0. The number of allylic oxidation sites excluding steroid dienone is 5. The van der Waals surface area contributed by atoms with Gasteiger partial charge in [-0.2, -0.15) is 0 Å². The molecule has 0 amide bonds. The fraction of sp³-hybridized carbons (Fsp3) is 0.684. The lowest BCUT2D eigenvalue weighted by Crippen LogP contribution is -1.83. The summed E-state index contributed by atoms with van der Waals surface area (Å²) < 4.78 is 0. The van der Waals surface area contributed by atoms with Gasteiger partial charge in [-0.05, 0) is 44.9 Å².